The molecule has 0 aliphatic heterocycles. The lowest BCUT2D eigenvalue weighted by Gasteiger charge is -2.18. The number of rotatable bonds is 7. The largest absolute Gasteiger partial charge is 0.331 e. The molecule has 1 fully saturated rings. The van der Waals surface area contributed by atoms with Crippen molar-refractivity contribution in [3.05, 3.63) is 41.8 Å². The van der Waals surface area contributed by atoms with Crippen LogP contribution in [0.15, 0.2) is 41.7 Å². The zero-order chi connectivity index (χ0) is 20.3. The Kier molecular flexibility index (Phi) is 5.98. The second-order valence-electron chi connectivity index (χ2n) is 7.17. The molecule has 4 rings (SSSR count). The van der Waals surface area contributed by atoms with E-state index in [0.29, 0.717) is 29.7 Å². The summed E-state index contributed by atoms with van der Waals surface area (Å²) in [5.41, 5.74) is 1.33. The summed E-state index contributed by atoms with van der Waals surface area (Å²) >= 11 is 1.61. The van der Waals surface area contributed by atoms with Crippen molar-refractivity contribution in [2.45, 2.75) is 49.8 Å². The number of benzene rings is 1. The first-order valence-electron chi connectivity index (χ1n) is 9.93. The third kappa shape index (κ3) is 4.52. The van der Waals surface area contributed by atoms with Gasteiger partial charge in [-0.05, 0) is 25.0 Å². The van der Waals surface area contributed by atoms with Gasteiger partial charge in [0.2, 0.25) is 16.0 Å². The summed E-state index contributed by atoms with van der Waals surface area (Å²) in [5, 5.41) is 4.22. The van der Waals surface area contributed by atoms with Gasteiger partial charge in [0.25, 0.3) is 0 Å². The summed E-state index contributed by atoms with van der Waals surface area (Å²) in [5.74, 6) is 1.05. The number of anilines is 2. The Labute approximate surface area is 175 Å². The highest BCUT2D eigenvalue weighted by Gasteiger charge is 2.23. The van der Waals surface area contributed by atoms with Gasteiger partial charge in [-0.25, -0.2) is 23.1 Å². The van der Waals surface area contributed by atoms with Crippen LogP contribution >= 0.6 is 11.3 Å². The van der Waals surface area contributed by atoms with E-state index in [1.807, 2.05) is 18.3 Å². The summed E-state index contributed by atoms with van der Waals surface area (Å²) in [7, 11) is -3.65. The van der Waals surface area contributed by atoms with Crippen LogP contribution in [0.2, 0.25) is 0 Å². The first-order chi connectivity index (χ1) is 14.1. The molecule has 1 aliphatic rings. The van der Waals surface area contributed by atoms with Gasteiger partial charge < -0.3 is 10.3 Å². The van der Waals surface area contributed by atoms with Gasteiger partial charge in [0.05, 0.1) is 14.8 Å². The molecule has 0 amide bonds. The van der Waals surface area contributed by atoms with Crippen molar-refractivity contribution in [1.82, 2.24) is 19.7 Å². The molecule has 7 nitrogen and oxygen atoms in total. The minimum absolute atomic E-state index is 0.245. The normalized spacial score (nSPS) is 15.5. The van der Waals surface area contributed by atoms with Gasteiger partial charge in [0.15, 0.2) is 0 Å². The predicted octanol–water partition coefficient (Wildman–Crippen LogP) is 4.62. The van der Waals surface area contributed by atoms with Crippen molar-refractivity contribution in [1.29, 1.82) is 0 Å². The summed E-state index contributed by atoms with van der Waals surface area (Å²) < 4.78 is 28.4. The number of sulfonamides is 1. The number of aromatic nitrogens is 3. The molecule has 0 bridgehead atoms. The molecule has 0 spiro atoms. The maximum atomic E-state index is 12.9. The van der Waals surface area contributed by atoms with Crippen LogP contribution in [0.25, 0.3) is 10.4 Å². The Balaban J connectivity index is 1.71. The summed E-state index contributed by atoms with van der Waals surface area (Å²) in [4.78, 5) is 12.9. The van der Waals surface area contributed by atoms with Crippen LogP contribution in [-0.2, 0) is 10.0 Å². The zero-order valence-corrected chi connectivity index (χ0v) is 17.9. The molecule has 29 heavy (non-hydrogen) atoms. The molecule has 1 aliphatic carbocycles. The van der Waals surface area contributed by atoms with Crippen LogP contribution in [0, 0.1) is 0 Å². The van der Waals surface area contributed by atoms with E-state index in [1.165, 1.54) is 32.1 Å². The first-order valence-corrected chi connectivity index (χ1v) is 12.2. The maximum absolute atomic E-state index is 12.9. The molecule has 9 heteroatoms. The quantitative estimate of drug-likeness (QED) is 0.507. The molecule has 0 atom stereocenters. The van der Waals surface area contributed by atoms with Crippen molar-refractivity contribution in [2.24, 2.45) is 0 Å². The molecule has 0 radical (unpaired) electrons. The Hall–Kier alpha value is -2.23. The highest BCUT2D eigenvalue weighted by Crippen LogP contribution is 2.39. The van der Waals surface area contributed by atoms with Crippen molar-refractivity contribution in [3.8, 4) is 10.4 Å². The van der Waals surface area contributed by atoms with E-state index in [2.05, 4.69) is 25.0 Å². The number of imidazole rings is 1. The molecule has 3 N–H and O–H groups in total. The summed E-state index contributed by atoms with van der Waals surface area (Å²) in [6.45, 7) is 2.10. The van der Waals surface area contributed by atoms with Crippen molar-refractivity contribution in [2.75, 3.05) is 11.9 Å². The third-order valence-corrected chi connectivity index (χ3v) is 7.89. The van der Waals surface area contributed by atoms with Gasteiger partial charge in [-0.1, -0.05) is 32.3 Å². The minimum Gasteiger partial charge on any atom is -0.331 e. The van der Waals surface area contributed by atoms with Crippen molar-refractivity contribution in [3.63, 3.8) is 0 Å². The lowest BCUT2D eigenvalue weighted by Crippen LogP contribution is -2.23. The van der Waals surface area contributed by atoms with E-state index >= 15 is 0 Å². The highest BCUT2D eigenvalue weighted by molar-refractivity contribution is 7.89. The lowest BCUT2D eigenvalue weighted by atomic mass is 9.90. The number of thiazole rings is 1. The summed E-state index contributed by atoms with van der Waals surface area (Å²) in [6.07, 6.45) is 11.3. The number of nitrogens with one attached hydrogen (secondary N) is 3. The lowest BCUT2D eigenvalue weighted by molar-refractivity contribution is 0.442. The molecule has 2 heterocycles. The van der Waals surface area contributed by atoms with Gasteiger partial charge in [-0.2, -0.15) is 0 Å². The Morgan fingerprint density at radius 2 is 2.03 bits per heavy atom. The van der Waals surface area contributed by atoms with E-state index < -0.39 is 10.0 Å². The third-order valence-electron chi connectivity index (χ3n) is 5.11. The molecule has 154 valence electrons. The van der Waals surface area contributed by atoms with E-state index in [4.69, 9.17) is 0 Å². The monoisotopic (exact) mass is 431 g/mol. The van der Waals surface area contributed by atoms with Gasteiger partial charge in [0.1, 0.15) is 0 Å². The number of aromatic amines is 1. The van der Waals surface area contributed by atoms with E-state index in [1.54, 1.807) is 36.7 Å². The van der Waals surface area contributed by atoms with Gasteiger partial charge in [-0.15, -0.1) is 11.3 Å². The van der Waals surface area contributed by atoms with Crippen molar-refractivity contribution >= 4 is 33.0 Å². The van der Waals surface area contributed by atoms with E-state index in [9.17, 15) is 8.42 Å². The fourth-order valence-electron chi connectivity index (χ4n) is 3.71. The first kappa shape index (κ1) is 20.1. The molecule has 3 aromatic rings. The van der Waals surface area contributed by atoms with Crippen LogP contribution in [-0.4, -0.2) is 29.9 Å². The van der Waals surface area contributed by atoms with Gasteiger partial charge >= 0.3 is 0 Å². The molecular weight excluding hydrogens is 406 g/mol. The van der Waals surface area contributed by atoms with Gasteiger partial charge in [0, 0.05) is 42.3 Å². The highest BCUT2D eigenvalue weighted by atomic mass is 32.2. The van der Waals surface area contributed by atoms with Crippen LogP contribution < -0.4 is 10.0 Å². The minimum atomic E-state index is -3.65. The van der Waals surface area contributed by atoms with E-state index in [-0.39, 0.29) is 4.90 Å². The predicted molar refractivity (Wildman–Crippen MR) is 116 cm³/mol. The maximum Gasteiger partial charge on any atom is 0.241 e. The molecule has 1 aromatic carbocycles. The second-order valence-corrected chi connectivity index (χ2v) is 9.97. The smallest absolute Gasteiger partial charge is 0.241 e. The molecule has 2 aromatic heterocycles. The summed E-state index contributed by atoms with van der Waals surface area (Å²) in [6, 6.07) is 5.35. The van der Waals surface area contributed by atoms with Crippen LogP contribution in [0.4, 0.5) is 11.6 Å². The Morgan fingerprint density at radius 3 is 2.76 bits per heavy atom. The van der Waals surface area contributed by atoms with Crippen molar-refractivity contribution < 1.29 is 8.42 Å². The number of hydrogen-bond donors (Lipinski definition) is 3. The average Bonchev–Trinajstić information content (AvgIpc) is 3.41. The standard InChI is InChI=1S/C20H25N5O2S2/c1-2-24-29(26,27)18-12-15(25-20-21-10-11-22-20)8-9-16(18)17-13-23-19(28-17)14-6-4-3-5-7-14/h8-14,24H,2-7H2,1H3,(H2,21,22,25). The van der Waals surface area contributed by atoms with Crippen LogP contribution in [0.5, 0.6) is 0 Å². The molecule has 0 saturated heterocycles. The van der Waals surface area contributed by atoms with E-state index in [0.717, 1.165) is 9.88 Å². The van der Waals surface area contributed by atoms with Gasteiger partial charge in [-0.3, -0.25) is 0 Å². The fourth-order valence-corrected chi connectivity index (χ4v) is 6.19. The van der Waals surface area contributed by atoms with Crippen LogP contribution in [0.1, 0.15) is 50.0 Å². The number of H-pyrrole nitrogens is 1. The second kappa shape index (κ2) is 8.64. The molecule has 0 unspecified atom stereocenters. The Morgan fingerprint density at radius 1 is 1.21 bits per heavy atom. The number of hydrogen-bond acceptors (Lipinski definition) is 6. The van der Waals surface area contributed by atoms with Crippen LogP contribution in [0.3, 0.4) is 0 Å². The fraction of sp³-hybridized carbons (Fsp3) is 0.400. The average molecular weight is 432 g/mol. The number of nitrogens with zero attached hydrogens (tertiary/aromatic N) is 2. The molecular formula is C20H25N5O2S2. The Bertz CT molecular complexity index is 1050. The topological polar surface area (TPSA) is 99.8 Å². The SMILES string of the molecule is CCNS(=O)(=O)c1cc(Nc2ncc[nH]2)ccc1-c1cnc(C2CCCCC2)s1. The molecule has 1 saturated carbocycles. The zero-order valence-electron chi connectivity index (χ0n) is 16.3.